The highest BCUT2D eigenvalue weighted by Gasteiger charge is 2.17. The van der Waals surface area contributed by atoms with Gasteiger partial charge in [-0.2, -0.15) is 5.10 Å². The second-order valence-corrected chi connectivity index (χ2v) is 6.16. The Morgan fingerprint density at radius 2 is 2.05 bits per heavy atom. The van der Waals surface area contributed by atoms with Crippen LogP contribution in [0.5, 0.6) is 0 Å². The number of benzene rings is 1. The molecule has 0 spiro atoms. The Morgan fingerprint density at radius 1 is 1.23 bits per heavy atom. The van der Waals surface area contributed by atoms with Crippen LogP contribution in [0.2, 0.25) is 5.02 Å². The normalized spacial score (nSPS) is 13.9. The van der Waals surface area contributed by atoms with E-state index in [1.807, 2.05) is 18.2 Å². The molecule has 0 aliphatic heterocycles. The van der Waals surface area contributed by atoms with Crippen LogP contribution in [0.25, 0.3) is 0 Å². The Kier molecular flexibility index (Phi) is 4.90. The van der Waals surface area contributed by atoms with E-state index in [2.05, 4.69) is 21.6 Å². The summed E-state index contributed by atoms with van der Waals surface area (Å²) >= 11 is 5.98. The molecule has 1 aliphatic rings. The van der Waals surface area contributed by atoms with Crippen LogP contribution in [-0.4, -0.2) is 16.7 Å². The van der Waals surface area contributed by atoms with Gasteiger partial charge in [0.25, 0.3) is 5.56 Å². The monoisotopic (exact) mass is 317 g/mol. The summed E-state index contributed by atoms with van der Waals surface area (Å²) in [6, 6.07) is 7.86. The first-order chi connectivity index (χ1) is 10.7. The van der Waals surface area contributed by atoms with Crippen LogP contribution in [-0.2, 0) is 25.8 Å². The number of H-pyrrole nitrogens is 1. The van der Waals surface area contributed by atoms with Gasteiger partial charge in [-0.25, -0.2) is 5.10 Å². The van der Waals surface area contributed by atoms with Crippen LogP contribution in [0.15, 0.2) is 29.1 Å². The lowest BCUT2D eigenvalue weighted by atomic mass is 9.91. The topological polar surface area (TPSA) is 57.8 Å². The summed E-state index contributed by atoms with van der Waals surface area (Å²) in [5.41, 5.74) is 4.33. The van der Waals surface area contributed by atoms with Gasteiger partial charge in [-0.1, -0.05) is 23.7 Å². The van der Waals surface area contributed by atoms with Crippen LogP contribution in [0.3, 0.4) is 0 Å². The van der Waals surface area contributed by atoms with Gasteiger partial charge < -0.3 is 5.32 Å². The number of nitrogens with zero attached hydrogens (tertiary/aromatic N) is 1. The quantitative estimate of drug-likeness (QED) is 0.834. The number of aromatic nitrogens is 2. The Morgan fingerprint density at radius 3 is 2.86 bits per heavy atom. The molecule has 2 N–H and O–H groups in total. The van der Waals surface area contributed by atoms with E-state index < -0.39 is 0 Å². The average molecular weight is 318 g/mol. The molecule has 1 aliphatic carbocycles. The molecular formula is C17H20ClN3O. The number of fused-ring (bicyclic) bond motifs is 1. The Balaban J connectivity index is 1.59. The molecule has 4 nitrogen and oxygen atoms in total. The highest BCUT2D eigenvalue weighted by Crippen LogP contribution is 2.20. The van der Waals surface area contributed by atoms with Crippen molar-refractivity contribution in [3.05, 3.63) is 62.0 Å². The molecule has 1 heterocycles. The van der Waals surface area contributed by atoms with E-state index in [0.29, 0.717) is 0 Å². The fourth-order valence-corrected chi connectivity index (χ4v) is 3.23. The Labute approximate surface area is 134 Å². The van der Waals surface area contributed by atoms with Crippen molar-refractivity contribution in [3.63, 3.8) is 0 Å². The molecule has 5 heteroatoms. The molecule has 0 fully saturated rings. The van der Waals surface area contributed by atoms with E-state index in [9.17, 15) is 4.79 Å². The van der Waals surface area contributed by atoms with E-state index in [1.165, 1.54) is 11.1 Å². The molecule has 116 valence electrons. The van der Waals surface area contributed by atoms with Gasteiger partial charge in [0, 0.05) is 30.1 Å². The first-order valence-electron chi connectivity index (χ1n) is 7.78. The maximum Gasteiger partial charge on any atom is 0.267 e. The number of aromatic amines is 1. The highest BCUT2D eigenvalue weighted by atomic mass is 35.5. The predicted molar refractivity (Wildman–Crippen MR) is 88.4 cm³/mol. The van der Waals surface area contributed by atoms with Crippen molar-refractivity contribution in [3.8, 4) is 0 Å². The lowest BCUT2D eigenvalue weighted by Crippen LogP contribution is -2.25. The molecule has 0 atom stereocenters. The molecule has 0 saturated heterocycles. The number of halogens is 1. The van der Waals surface area contributed by atoms with Crippen LogP contribution in [0.4, 0.5) is 0 Å². The summed E-state index contributed by atoms with van der Waals surface area (Å²) in [5.74, 6) is 0. The fraction of sp³-hybridized carbons (Fsp3) is 0.412. The molecular weight excluding hydrogens is 298 g/mol. The van der Waals surface area contributed by atoms with Crippen LogP contribution >= 0.6 is 11.6 Å². The predicted octanol–water partition coefficient (Wildman–Crippen LogP) is 2.63. The number of nitrogens with one attached hydrogen (secondary N) is 2. The van der Waals surface area contributed by atoms with Crippen LogP contribution in [0.1, 0.15) is 35.2 Å². The third-order valence-corrected chi connectivity index (χ3v) is 4.37. The van der Waals surface area contributed by atoms with Gasteiger partial charge in [0.15, 0.2) is 0 Å². The zero-order valence-corrected chi connectivity index (χ0v) is 13.2. The molecule has 22 heavy (non-hydrogen) atoms. The van der Waals surface area contributed by atoms with E-state index in [4.69, 9.17) is 11.6 Å². The third kappa shape index (κ3) is 3.57. The number of rotatable bonds is 5. The summed E-state index contributed by atoms with van der Waals surface area (Å²) in [5, 5.41) is 11.1. The first-order valence-corrected chi connectivity index (χ1v) is 8.16. The SMILES string of the molecule is O=c1[nH]nc(CCNCc2cccc(Cl)c2)c2c1CCCC2. The minimum Gasteiger partial charge on any atom is -0.312 e. The van der Waals surface area contributed by atoms with Crippen molar-refractivity contribution in [2.24, 2.45) is 0 Å². The first kappa shape index (κ1) is 15.3. The van der Waals surface area contributed by atoms with Crippen LogP contribution in [0, 0.1) is 0 Å². The average Bonchev–Trinajstić information content (AvgIpc) is 2.54. The van der Waals surface area contributed by atoms with Crippen LogP contribution < -0.4 is 10.9 Å². The van der Waals surface area contributed by atoms with Crippen molar-refractivity contribution in [1.29, 1.82) is 0 Å². The van der Waals surface area contributed by atoms with E-state index >= 15 is 0 Å². The van der Waals surface area contributed by atoms with Gasteiger partial charge >= 0.3 is 0 Å². The second kappa shape index (κ2) is 7.07. The largest absolute Gasteiger partial charge is 0.312 e. The van der Waals surface area contributed by atoms with Crippen molar-refractivity contribution >= 4 is 11.6 Å². The minimum atomic E-state index is -0.00895. The summed E-state index contributed by atoms with van der Waals surface area (Å²) in [6.45, 7) is 1.62. The Hall–Kier alpha value is -1.65. The molecule has 1 aromatic heterocycles. The lowest BCUT2D eigenvalue weighted by molar-refractivity contribution is 0.630. The molecule has 3 rings (SSSR count). The molecule has 1 aromatic carbocycles. The zero-order chi connectivity index (χ0) is 15.4. The van der Waals surface area contributed by atoms with E-state index in [1.54, 1.807) is 0 Å². The summed E-state index contributed by atoms with van der Waals surface area (Å²) in [4.78, 5) is 11.8. The van der Waals surface area contributed by atoms with Gasteiger partial charge in [-0.3, -0.25) is 4.79 Å². The standard InChI is InChI=1S/C17H20ClN3O/c18-13-5-3-4-12(10-13)11-19-9-8-16-14-6-1-2-7-15(14)17(22)21-20-16/h3-5,10,19H,1-2,6-9,11H2,(H,21,22). The van der Waals surface area contributed by atoms with Crippen molar-refractivity contribution in [1.82, 2.24) is 15.5 Å². The number of hydrogen-bond donors (Lipinski definition) is 2. The van der Waals surface area contributed by atoms with Crippen molar-refractivity contribution in [2.75, 3.05) is 6.54 Å². The molecule has 0 bridgehead atoms. The minimum absolute atomic E-state index is 0.00895. The van der Waals surface area contributed by atoms with E-state index in [0.717, 1.165) is 61.5 Å². The van der Waals surface area contributed by atoms with Gasteiger partial charge in [0.2, 0.25) is 0 Å². The van der Waals surface area contributed by atoms with Gasteiger partial charge in [-0.05, 0) is 48.9 Å². The highest BCUT2D eigenvalue weighted by molar-refractivity contribution is 6.30. The maximum absolute atomic E-state index is 11.8. The third-order valence-electron chi connectivity index (χ3n) is 4.14. The smallest absolute Gasteiger partial charge is 0.267 e. The maximum atomic E-state index is 11.8. The summed E-state index contributed by atoms with van der Waals surface area (Å²) in [6.07, 6.45) is 4.96. The zero-order valence-electron chi connectivity index (χ0n) is 12.5. The van der Waals surface area contributed by atoms with Crippen molar-refractivity contribution in [2.45, 2.75) is 38.6 Å². The number of hydrogen-bond acceptors (Lipinski definition) is 3. The van der Waals surface area contributed by atoms with Gasteiger partial charge in [0.1, 0.15) is 0 Å². The van der Waals surface area contributed by atoms with E-state index in [-0.39, 0.29) is 5.56 Å². The van der Waals surface area contributed by atoms with Gasteiger partial charge in [0.05, 0.1) is 5.69 Å². The van der Waals surface area contributed by atoms with Gasteiger partial charge in [-0.15, -0.1) is 0 Å². The summed E-state index contributed by atoms with van der Waals surface area (Å²) in [7, 11) is 0. The lowest BCUT2D eigenvalue weighted by Gasteiger charge is -2.17. The Bertz CT molecular complexity index is 711. The summed E-state index contributed by atoms with van der Waals surface area (Å²) < 4.78 is 0. The molecule has 0 saturated carbocycles. The molecule has 0 unspecified atom stereocenters. The molecule has 0 amide bonds. The second-order valence-electron chi connectivity index (χ2n) is 5.72. The van der Waals surface area contributed by atoms with Crippen molar-refractivity contribution < 1.29 is 0 Å². The molecule has 0 radical (unpaired) electrons. The molecule has 2 aromatic rings. The fourth-order valence-electron chi connectivity index (χ4n) is 3.02.